The van der Waals surface area contributed by atoms with Gasteiger partial charge < -0.3 is 15.0 Å². The van der Waals surface area contributed by atoms with Gasteiger partial charge >= 0.3 is 0 Å². The van der Waals surface area contributed by atoms with E-state index in [1.807, 2.05) is 12.1 Å². The van der Waals surface area contributed by atoms with Gasteiger partial charge in [0.05, 0.1) is 12.0 Å². The molecule has 0 aliphatic carbocycles. The average molecular weight is 303 g/mol. The van der Waals surface area contributed by atoms with Gasteiger partial charge in [-0.1, -0.05) is 6.07 Å². The number of nitrogens with zero attached hydrogens (tertiary/aromatic N) is 2. The normalized spacial score (nSPS) is 24.7. The summed E-state index contributed by atoms with van der Waals surface area (Å²) >= 11 is 0. The van der Waals surface area contributed by atoms with E-state index in [0.717, 1.165) is 25.0 Å². The first-order valence-corrected chi connectivity index (χ1v) is 7.78. The summed E-state index contributed by atoms with van der Waals surface area (Å²) in [6.45, 7) is 2.34. The highest BCUT2D eigenvalue weighted by Crippen LogP contribution is 2.21. The van der Waals surface area contributed by atoms with Crippen molar-refractivity contribution in [3.63, 3.8) is 0 Å². The summed E-state index contributed by atoms with van der Waals surface area (Å²) in [6.07, 6.45) is 5.92. The minimum Gasteiger partial charge on any atom is -0.376 e. The van der Waals surface area contributed by atoms with Crippen molar-refractivity contribution in [2.45, 2.75) is 31.9 Å². The van der Waals surface area contributed by atoms with E-state index in [2.05, 4.69) is 10.3 Å². The summed E-state index contributed by atoms with van der Waals surface area (Å²) in [4.78, 5) is 30.0. The van der Waals surface area contributed by atoms with Crippen LogP contribution in [0.1, 0.15) is 24.8 Å². The quantitative estimate of drug-likeness (QED) is 0.870. The number of rotatable bonds is 5. The molecular weight excluding hydrogens is 282 g/mol. The summed E-state index contributed by atoms with van der Waals surface area (Å²) in [6, 6.07) is 3.75. The van der Waals surface area contributed by atoms with Crippen LogP contribution in [0, 0.1) is 5.92 Å². The molecule has 0 radical (unpaired) electrons. The number of likely N-dealkylation sites (tertiary alicyclic amines) is 1. The van der Waals surface area contributed by atoms with Crippen molar-refractivity contribution in [1.29, 1.82) is 0 Å². The Kier molecular flexibility index (Phi) is 4.68. The van der Waals surface area contributed by atoms with Crippen LogP contribution in [0.5, 0.6) is 0 Å². The maximum atomic E-state index is 12.2. The second-order valence-electron chi connectivity index (χ2n) is 5.91. The minimum absolute atomic E-state index is 0.0528. The maximum Gasteiger partial charge on any atom is 0.225 e. The zero-order valence-corrected chi connectivity index (χ0v) is 12.5. The molecule has 2 saturated heterocycles. The number of carbonyl (C=O) groups excluding carboxylic acids is 2. The summed E-state index contributed by atoms with van der Waals surface area (Å²) in [5.74, 6) is -0.269. The van der Waals surface area contributed by atoms with E-state index in [9.17, 15) is 9.59 Å². The molecule has 1 aromatic heterocycles. The fourth-order valence-corrected chi connectivity index (χ4v) is 2.99. The standard InChI is InChI=1S/C16H21N3O3/c20-15-7-13(10-19(15)11-14-4-2-6-22-14)16(21)18-9-12-3-1-5-17-8-12/h1,3,5,8,13-14H,2,4,6-7,9-11H2,(H,18,21). The largest absolute Gasteiger partial charge is 0.376 e. The highest BCUT2D eigenvalue weighted by atomic mass is 16.5. The van der Waals surface area contributed by atoms with E-state index in [4.69, 9.17) is 4.74 Å². The van der Waals surface area contributed by atoms with Gasteiger partial charge in [0.15, 0.2) is 0 Å². The van der Waals surface area contributed by atoms with E-state index < -0.39 is 0 Å². The summed E-state index contributed by atoms with van der Waals surface area (Å²) < 4.78 is 5.56. The molecule has 0 aromatic carbocycles. The third kappa shape index (κ3) is 3.62. The molecule has 1 N–H and O–H groups in total. The zero-order chi connectivity index (χ0) is 15.4. The van der Waals surface area contributed by atoms with E-state index in [0.29, 0.717) is 26.1 Å². The molecule has 2 aliphatic heterocycles. The predicted octanol–water partition coefficient (Wildman–Crippen LogP) is 0.725. The molecule has 2 unspecified atom stereocenters. The van der Waals surface area contributed by atoms with Crippen LogP contribution in [-0.4, -0.2) is 47.5 Å². The lowest BCUT2D eigenvalue weighted by Crippen LogP contribution is -2.35. The molecule has 2 amide bonds. The van der Waals surface area contributed by atoms with E-state index in [-0.39, 0.29) is 23.8 Å². The third-order valence-corrected chi connectivity index (χ3v) is 4.22. The Balaban J connectivity index is 1.48. The van der Waals surface area contributed by atoms with Gasteiger partial charge in [0.25, 0.3) is 0 Å². The fourth-order valence-electron chi connectivity index (χ4n) is 2.99. The van der Waals surface area contributed by atoms with Gasteiger partial charge in [0, 0.05) is 45.1 Å². The van der Waals surface area contributed by atoms with Crippen LogP contribution in [-0.2, 0) is 20.9 Å². The van der Waals surface area contributed by atoms with E-state index >= 15 is 0 Å². The molecule has 2 atom stereocenters. The van der Waals surface area contributed by atoms with E-state index in [1.165, 1.54) is 0 Å². The Morgan fingerprint density at radius 3 is 3.14 bits per heavy atom. The van der Waals surface area contributed by atoms with Crippen molar-refractivity contribution in [2.24, 2.45) is 5.92 Å². The van der Waals surface area contributed by atoms with Crippen LogP contribution in [0.2, 0.25) is 0 Å². The van der Waals surface area contributed by atoms with Gasteiger partial charge in [-0.05, 0) is 24.5 Å². The Labute approximate surface area is 129 Å². The minimum atomic E-state index is -0.259. The molecule has 1 aromatic rings. The number of nitrogens with one attached hydrogen (secondary N) is 1. The van der Waals surface area contributed by atoms with Gasteiger partial charge in [-0.3, -0.25) is 14.6 Å². The molecule has 6 nitrogen and oxygen atoms in total. The lowest BCUT2D eigenvalue weighted by molar-refractivity contribution is -0.129. The molecule has 6 heteroatoms. The zero-order valence-electron chi connectivity index (χ0n) is 12.5. The number of carbonyl (C=O) groups is 2. The third-order valence-electron chi connectivity index (χ3n) is 4.22. The number of pyridine rings is 1. The lowest BCUT2D eigenvalue weighted by atomic mass is 10.1. The van der Waals surface area contributed by atoms with Crippen LogP contribution >= 0.6 is 0 Å². The van der Waals surface area contributed by atoms with Crippen molar-refractivity contribution in [3.8, 4) is 0 Å². The molecule has 22 heavy (non-hydrogen) atoms. The van der Waals surface area contributed by atoms with Crippen LogP contribution in [0.4, 0.5) is 0 Å². The monoisotopic (exact) mass is 303 g/mol. The number of ether oxygens (including phenoxy) is 1. The summed E-state index contributed by atoms with van der Waals surface area (Å²) in [7, 11) is 0. The summed E-state index contributed by atoms with van der Waals surface area (Å²) in [5.41, 5.74) is 0.955. The molecule has 2 aliphatic rings. The maximum absolute atomic E-state index is 12.2. The lowest BCUT2D eigenvalue weighted by Gasteiger charge is -2.20. The Bertz CT molecular complexity index is 529. The second-order valence-corrected chi connectivity index (χ2v) is 5.91. The van der Waals surface area contributed by atoms with Crippen molar-refractivity contribution in [3.05, 3.63) is 30.1 Å². The molecule has 0 saturated carbocycles. The first-order chi connectivity index (χ1) is 10.7. The molecule has 3 heterocycles. The molecular formula is C16H21N3O3. The SMILES string of the molecule is O=C(NCc1cccnc1)C1CC(=O)N(CC2CCCO2)C1. The number of hydrogen-bond acceptors (Lipinski definition) is 4. The first kappa shape index (κ1) is 15.0. The first-order valence-electron chi connectivity index (χ1n) is 7.78. The van der Waals surface area contributed by atoms with E-state index in [1.54, 1.807) is 17.3 Å². The topological polar surface area (TPSA) is 71.5 Å². The van der Waals surface area contributed by atoms with Crippen LogP contribution in [0.3, 0.4) is 0 Å². The number of amides is 2. The van der Waals surface area contributed by atoms with Crippen LogP contribution in [0.15, 0.2) is 24.5 Å². The highest BCUT2D eigenvalue weighted by Gasteiger charge is 2.35. The number of aromatic nitrogens is 1. The number of hydrogen-bond donors (Lipinski definition) is 1. The van der Waals surface area contributed by atoms with Crippen molar-refractivity contribution in [1.82, 2.24) is 15.2 Å². The van der Waals surface area contributed by atoms with Gasteiger partial charge in [-0.2, -0.15) is 0 Å². The van der Waals surface area contributed by atoms with Gasteiger partial charge in [0.2, 0.25) is 11.8 Å². The summed E-state index contributed by atoms with van der Waals surface area (Å²) in [5, 5.41) is 2.89. The Hall–Kier alpha value is -1.95. The predicted molar refractivity (Wildman–Crippen MR) is 79.7 cm³/mol. The van der Waals surface area contributed by atoms with Gasteiger partial charge in [0.1, 0.15) is 0 Å². The highest BCUT2D eigenvalue weighted by molar-refractivity contribution is 5.89. The fraction of sp³-hybridized carbons (Fsp3) is 0.562. The van der Waals surface area contributed by atoms with Gasteiger partial charge in [-0.25, -0.2) is 0 Å². The molecule has 118 valence electrons. The van der Waals surface area contributed by atoms with Crippen LogP contribution in [0.25, 0.3) is 0 Å². The van der Waals surface area contributed by atoms with Gasteiger partial charge in [-0.15, -0.1) is 0 Å². The average Bonchev–Trinajstić information content (AvgIpc) is 3.17. The van der Waals surface area contributed by atoms with Crippen LogP contribution < -0.4 is 5.32 Å². The molecule has 2 fully saturated rings. The van der Waals surface area contributed by atoms with Crippen molar-refractivity contribution >= 4 is 11.8 Å². The Morgan fingerprint density at radius 2 is 2.41 bits per heavy atom. The molecule has 0 spiro atoms. The smallest absolute Gasteiger partial charge is 0.225 e. The molecule has 0 bridgehead atoms. The van der Waals surface area contributed by atoms with Crippen molar-refractivity contribution < 1.29 is 14.3 Å². The van der Waals surface area contributed by atoms with Crippen molar-refractivity contribution in [2.75, 3.05) is 19.7 Å². The second kappa shape index (κ2) is 6.87. The molecule has 3 rings (SSSR count). The Morgan fingerprint density at radius 1 is 1.50 bits per heavy atom.